The van der Waals surface area contributed by atoms with Crippen LogP contribution in [0, 0.1) is 5.92 Å². The van der Waals surface area contributed by atoms with Gasteiger partial charge < -0.3 is 14.8 Å². The van der Waals surface area contributed by atoms with Gasteiger partial charge in [0.1, 0.15) is 0 Å². The van der Waals surface area contributed by atoms with Crippen molar-refractivity contribution in [1.29, 1.82) is 0 Å². The summed E-state index contributed by atoms with van der Waals surface area (Å²) in [5.74, 6) is 0.883. The van der Waals surface area contributed by atoms with Gasteiger partial charge in [-0.25, -0.2) is 0 Å². The molecule has 0 heterocycles. The highest BCUT2D eigenvalue weighted by Crippen LogP contribution is 2.34. The quantitative estimate of drug-likeness (QED) is 0.770. The minimum atomic E-state index is 0.258. The fourth-order valence-corrected chi connectivity index (χ4v) is 3.54. The molecule has 2 rings (SSSR count). The van der Waals surface area contributed by atoms with Crippen LogP contribution >= 0.6 is 0 Å². The van der Waals surface area contributed by atoms with Gasteiger partial charge in [0, 0.05) is 13.2 Å². The number of nitrogens with one attached hydrogen (secondary N) is 1. The average Bonchev–Trinajstić information content (AvgIpc) is 2.42. The van der Waals surface area contributed by atoms with Crippen LogP contribution in [0.2, 0.25) is 0 Å². The molecule has 112 valence electrons. The Labute approximate surface area is 118 Å². The Morgan fingerprint density at radius 2 is 2.00 bits per heavy atom. The van der Waals surface area contributed by atoms with E-state index >= 15 is 0 Å². The summed E-state index contributed by atoms with van der Waals surface area (Å²) in [6.45, 7) is 5.59. The number of ether oxygens (including phenoxy) is 2. The molecule has 0 aliphatic heterocycles. The fourth-order valence-electron chi connectivity index (χ4n) is 3.54. The van der Waals surface area contributed by atoms with E-state index in [0.717, 1.165) is 18.9 Å². The molecule has 19 heavy (non-hydrogen) atoms. The molecule has 0 spiro atoms. The molecular weight excluding hydrogens is 238 g/mol. The van der Waals surface area contributed by atoms with Crippen LogP contribution < -0.4 is 5.32 Å². The lowest BCUT2D eigenvalue weighted by Crippen LogP contribution is -2.60. The van der Waals surface area contributed by atoms with Crippen LogP contribution in [0.25, 0.3) is 0 Å². The summed E-state index contributed by atoms with van der Waals surface area (Å²) in [5, 5.41) is 3.55. The lowest BCUT2D eigenvalue weighted by molar-refractivity contribution is -0.165. The first-order valence-corrected chi connectivity index (χ1v) is 8.20. The van der Waals surface area contributed by atoms with Crippen LogP contribution in [0.1, 0.15) is 58.8 Å². The highest BCUT2D eigenvalue weighted by atomic mass is 16.5. The first-order valence-electron chi connectivity index (χ1n) is 8.20. The Morgan fingerprint density at radius 3 is 2.68 bits per heavy atom. The number of methoxy groups -OCH3 is 1. The summed E-state index contributed by atoms with van der Waals surface area (Å²) < 4.78 is 11.9. The van der Waals surface area contributed by atoms with E-state index in [1.165, 1.54) is 38.5 Å². The summed E-state index contributed by atoms with van der Waals surface area (Å²) in [6.07, 6.45) is 9.90. The Balaban J connectivity index is 1.74. The van der Waals surface area contributed by atoms with Gasteiger partial charge in [0.25, 0.3) is 0 Å². The monoisotopic (exact) mass is 269 g/mol. The first kappa shape index (κ1) is 15.3. The minimum Gasteiger partial charge on any atom is -0.377 e. The third-order valence-corrected chi connectivity index (χ3v) is 4.86. The van der Waals surface area contributed by atoms with Crippen LogP contribution in [0.3, 0.4) is 0 Å². The predicted molar refractivity (Wildman–Crippen MR) is 78.4 cm³/mol. The molecule has 0 aromatic rings. The maximum Gasteiger partial charge on any atom is 0.0987 e. The Bertz CT molecular complexity index is 259. The van der Waals surface area contributed by atoms with Crippen molar-refractivity contribution in [2.24, 2.45) is 5.92 Å². The van der Waals surface area contributed by atoms with Crippen LogP contribution in [0.5, 0.6) is 0 Å². The molecule has 5 atom stereocenters. The van der Waals surface area contributed by atoms with Gasteiger partial charge in [0.15, 0.2) is 0 Å². The van der Waals surface area contributed by atoms with Crippen molar-refractivity contribution < 1.29 is 9.47 Å². The zero-order valence-corrected chi connectivity index (χ0v) is 12.9. The average molecular weight is 269 g/mol. The largest absolute Gasteiger partial charge is 0.377 e. The van der Waals surface area contributed by atoms with E-state index in [-0.39, 0.29) is 6.10 Å². The van der Waals surface area contributed by atoms with Crippen LogP contribution in [0.15, 0.2) is 0 Å². The van der Waals surface area contributed by atoms with Crippen molar-refractivity contribution in [3.05, 3.63) is 0 Å². The zero-order valence-electron chi connectivity index (χ0n) is 12.9. The van der Waals surface area contributed by atoms with Gasteiger partial charge in [-0.3, -0.25) is 0 Å². The van der Waals surface area contributed by atoms with Gasteiger partial charge >= 0.3 is 0 Å². The van der Waals surface area contributed by atoms with Crippen molar-refractivity contribution >= 4 is 0 Å². The molecule has 5 unspecified atom stereocenters. The van der Waals surface area contributed by atoms with Gasteiger partial charge in [-0.2, -0.15) is 0 Å². The predicted octanol–water partition coefficient (Wildman–Crippen LogP) is 3.13. The Hall–Kier alpha value is -0.120. The van der Waals surface area contributed by atoms with E-state index in [9.17, 15) is 0 Å². The highest BCUT2D eigenvalue weighted by molar-refractivity contribution is 4.97. The first-order chi connectivity index (χ1) is 9.28. The van der Waals surface area contributed by atoms with Gasteiger partial charge in [-0.15, -0.1) is 0 Å². The van der Waals surface area contributed by atoms with E-state index in [1.807, 2.05) is 7.11 Å². The molecule has 0 amide bonds. The molecule has 0 aromatic heterocycles. The standard InChI is InChI=1S/C16H31NO2/c1-4-9-17-14-11-15(16(14)18-3)19-13-8-6-7-12(5-2)10-13/h12-17H,4-11H2,1-3H3. The van der Waals surface area contributed by atoms with E-state index < -0.39 is 0 Å². The number of hydrogen-bond donors (Lipinski definition) is 1. The Morgan fingerprint density at radius 1 is 1.16 bits per heavy atom. The molecule has 2 fully saturated rings. The maximum absolute atomic E-state index is 6.31. The third kappa shape index (κ3) is 3.93. The molecule has 0 bridgehead atoms. The lowest BCUT2D eigenvalue weighted by atomic mass is 9.82. The molecule has 3 nitrogen and oxygen atoms in total. The van der Waals surface area contributed by atoms with Crippen LogP contribution in [-0.2, 0) is 9.47 Å². The smallest absolute Gasteiger partial charge is 0.0987 e. The number of hydrogen-bond acceptors (Lipinski definition) is 3. The molecule has 2 saturated carbocycles. The van der Waals surface area contributed by atoms with E-state index in [4.69, 9.17) is 9.47 Å². The van der Waals surface area contributed by atoms with Crippen molar-refractivity contribution in [3.63, 3.8) is 0 Å². The Kier molecular flexibility index (Phi) is 6.11. The molecule has 2 aliphatic rings. The summed E-state index contributed by atoms with van der Waals surface area (Å²) in [7, 11) is 1.82. The molecular formula is C16H31NO2. The summed E-state index contributed by atoms with van der Waals surface area (Å²) in [6, 6.07) is 0.500. The molecule has 0 saturated heterocycles. The highest BCUT2D eigenvalue weighted by Gasteiger charge is 2.43. The van der Waals surface area contributed by atoms with Crippen LogP contribution in [-0.4, -0.2) is 38.0 Å². The van der Waals surface area contributed by atoms with Gasteiger partial charge in [0.2, 0.25) is 0 Å². The van der Waals surface area contributed by atoms with Crippen molar-refractivity contribution in [2.45, 2.75) is 83.1 Å². The van der Waals surface area contributed by atoms with Crippen molar-refractivity contribution in [3.8, 4) is 0 Å². The van der Waals surface area contributed by atoms with Crippen LogP contribution in [0.4, 0.5) is 0 Å². The summed E-state index contributed by atoms with van der Waals surface area (Å²) in [4.78, 5) is 0. The van der Waals surface area contributed by atoms with E-state index in [0.29, 0.717) is 18.2 Å². The lowest BCUT2D eigenvalue weighted by Gasteiger charge is -2.46. The summed E-state index contributed by atoms with van der Waals surface area (Å²) >= 11 is 0. The summed E-state index contributed by atoms with van der Waals surface area (Å²) in [5.41, 5.74) is 0. The molecule has 0 aromatic carbocycles. The van der Waals surface area contributed by atoms with E-state index in [1.54, 1.807) is 0 Å². The topological polar surface area (TPSA) is 30.5 Å². The minimum absolute atomic E-state index is 0.258. The normalized spacial score (nSPS) is 39.0. The maximum atomic E-state index is 6.31. The van der Waals surface area contributed by atoms with E-state index in [2.05, 4.69) is 19.2 Å². The van der Waals surface area contributed by atoms with Gasteiger partial charge in [-0.05, 0) is 38.1 Å². The second-order valence-electron chi connectivity index (χ2n) is 6.23. The second kappa shape index (κ2) is 7.61. The number of rotatable bonds is 7. The third-order valence-electron chi connectivity index (χ3n) is 4.86. The molecule has 3 heteroatoms. The van der Waals surface area contributed by atoms with Crippen molar-refractivity contribution in [1.82, 2.24) is 5.32 Å². The fraction of sp³-hybridized carbons (Fsp3) is 1.00. The van der Waals surface area contributed by atoms with Gasteiger partial charge in [0.05, 0.1) is 18.3 Å². The molecule has 1 N–H and O–H groups in total. The molecule has 2 aliphatic carbocycles. The van der Waals surface area contributed by atoms with Crippen molar-refractivity contribution in [2.75, 3.05) is 13.7 Å². The zero-order chi connectivity index (χ0) is 13.7. The SMILES string of the molecule is CCCNC1CC(OC2CCCC(CC)C2)C1OC. The van der Waals surface area contributed by atoms with Gasteiger partial charge in [-0.1, -0.05) is 33.1 Å². The second-order valence-corrected chi connectivity index (χ2v) is 6.23. The molecule has 0 radical (unpaired) electrons.